The van der Waals surface area contributed by atoms with Gasteiger partial charge in [-0.3, -0.25) is 4.79 Å². The second-order valence-electron chi connectivity index (χ2n) is 7.34. The number of ether oxygens (including phenoxy) is 1. The van der Waals surface area contributed by atoms with Crippen LogP contribution in [0, 0.1) is 6.92 Å². The number of nitrogens with one attached hydrogen (secondary N) is 1. The summed E-state index contributed by atoms with van der Waals surface area (Å²) in [4.78, 5) is 12.7. The van der Waals surface area contributed by atoms with E-state index >= 15 is 0 Å². The van der Waals surface area contributed by atoms with Crippen LogP contribution in [0.25, 0.3) is 0 Å². The highest BCUT2D eigenvalue weighted by Gasteiger charge is 2.27. The minimum absolute atomic E-state index is 0.108. The molecule has 2 aromatic rings. The summed E-state index contributed by atoms with van der Waals surface area (Å²) in [6.45, 7) is 3.36. The van der Waals surface area contributed by atoms with Gasteiger partial charge in [-0.05, 0) is 49.6 Å². The van der Waals surface area contributed by atoms with Crippen LogP contribution >= 0.6 is 0 Å². The predicted octanol–water partition coefficient (Wildman–Crippen LogP) is 2.26. The summed E-state index contributed by atoms with van der Waals surface area (Å²) in [5, 5.41) is 11.9. The van der Waals surface area contributed by atoms with Crippen molar-refractivity contribution in [3.8, 4) is 0 Å². The van der Waals surface area contributed by atoms with E-state index in [0.717, 1.165) is 24.0 Å². The van der Waals surface area contributed by atoms with Crippen molar-refractivity contribution < 1.29 is 23.1 Å². The van der Waals surface area contributed by atoms with Crippen LogP contribution in [0.1, 0.15) is 40.4 Å². The summed E-state index contributed by atoms with van der Waals surface area (Å²) in [6.07, 6.45) is 1.36. The monoisotopic (exact) mass is 432 g/mol. The van der Waals surface area contributed by atoms with Gasteiger partial charge in [-0.2, -0.15) is 4.31 Å². The standard InChI is InChI=1S/C22H28N2O5S/c1-17-4-6-18(7-5-17)21(29-15-14-25)16-23-22(26)19-8-10-20(11-9-19)30(27,28)24-12-2-3-13-24/h4-11,21,25H,2-3,12-16H2,1H3,(H,23,26). The Balaban J connectivity index is 1.64. The molecular formula is C22H28N2O5S. The third-order valence-electron chi connectivity index (χ3n) is 5.13. The van der Waals surface area contributed by atoms with E-state index in [4.69, 9.17) is 9.84 Å². The number of carbonyl (C=O) groups excluding carboxylic acids is 1. The molecule has 162 valence electrons. The fraction of sp³-hybridized carbons (Fsp3) is 0.409. The van der Waals surface area contributed by atoms with Gasteiger partial charge >= 0.3 is 0 Å². The molecule has 0 aliphatic carbocycles. The van der Waals surface area contributed by atoms with Gasteiger partial charge in [0.15, 0.2) is 0 Å². The van der Waals surface area contributed by atoms with Crippen molar-refractivity contribution in [2.24, 2.45) is 0 Å². The molecule has 1 aliphatic rings. The summed E-state index contributed by atoms with van der Waals surface area (Å²) in [5.41, 5.74) is 2.40. The summed E-state index contributed by atoms with van der Waals surface area (Å²) < 4.78 is 32.4. The first-order chi connectivity index (χ1) is 14.4. The smallest absolute Gasteiger partial charge is 0.251 e. The molecule has 2 aromatic carbocycles. The Kier molecular flexibility index (Phi) is 7.60. The lowest BCUT2D eigenvalue weighted by Gasteiger charge is -2.19. The molecule has 1 heterocycles. The maximum atomic E-state index is 12.6. The minimum Gasteiger partial charge on any atom is -0.394 e. The highest BCUT2D eigenvalue weighted by molar-refractivity contribution is 7.89. The van der Waals surface area contributed by atoms with Crippen LogP contribution in [0.2, 0.25) is 0 Å². The highest BCUT2D eigenvalue weighted by Crippen LogP contribution is 2.21. The van der Waals surface area contributed by atoms with Crippen LogP contribution in [-0.2, 0) is 14.8 Å². The van der Waals surface area contributed by atoms with Gasteiger partial charge in [0.1, 0.15) is 0 Å². The lowest BCUT2D eigenvalue weighted by molar-refractivity contribution is 0.0277. The van der Waals surface area contributed by atoms with Crippen molar-refractivity contribution >= 4 is 15.9 Å². The normalized spacial score (nSPS) is 15.8. The molecule has 1 amide bonds. The predicted molar refractivity (Wildman–Crippen MR) is 114 cm³/mol. The number of amides is 1. The van der Waals surface area contributed by atoms with Gasteiger partial charge in [-0.25, -0.2) is 8.42 Å². The number of carbonyl (C=O) groups is 1. The van der Waals surface area contributed by atoms with Crippen LogP contribution in [-0.4, -0.2) is 56.6 Å². The van der Waals surface area contributed by atoms with Crippen molar-refractivity contribution in [2.75, 3.05) is 32.8 Å². The molecule has 2 N–H and O–H groups in total. The number of aryl methyl sites for hydroxylation is 1. The molecular weight excluding hydrogens is 404 g/mol. The Morgan fingerprint density at radius 1 is 1.10 bits per heavy atom. The number of hydrogen-bond acceptors (Lipinski definition) is 5. The molecule has 0 saturated carbocycles. The molecule has 0 aromatic heterocycles. The fourth-order valence-corrected chi connectivity index (χ4v) is 4.91. The maximum absolute atomic E-state index is 12.6. The first-order valence-corrected chi connectivity index (χ1v) is 11.5. The van der Waals surface area contributed by atoms with E-state index < -0.39 is 16.1 Å². The highest BCUT2D eigenvalue weighted by atomic mass is 32.2. The average Bonchev–Trinajstić information content (AvgIpc) is 3.30. The number of aliphatic hydroxyl groups is 1. The van der Waals surface area contributed by atoms with Gasteiger partial charge in [0.2, 0.25) is 10.0 Å². The number of nitrogens with zero attached hydrogens (tertiary/aromatic N) is 1. The second-order valence-corrected chi connectivity index (χ2v) is 9.28. The number of hydrogen-bond donors (Lipinski definition) is 2. The van der Waals surface area contributed by atoms with E-state index in [2.05, 4.69) is 5.32 Å². The van der Waals surface area contributed by atoms with Crippen molar-refractivity contribution in [3.63, 3.8) is 0 Å². The first-order valence-electron chi connectivity index (χ1n) is 10.1. The molecule has 3 rings (SSSR count). The molecule has 1 atom stereocenters. The van der Waals surface area contributed by atoms with E-state index in [1.807, 2.05) is 31.2 Å². The lowest BCUT2D eigenvalue weighted by atomic mass is 10.1. The molecule has 0 bridgehead atoms. The van der Waals surface area contributed by atoms with Crippen LogP contribution in [0.15, 0.2) is 53.4 Å². The number of rotatable bonds is 9. The molecule has 1 aliphatic heterocycles. The van der Waals surface area contributed by atoms with Crippen molar-refractivity contribution in [2.45, 2.75) is 30.8 Å². The average molecular weight is 433 g/mol. The van der Waals surface area contributed by atoms with E-state index in [1.165, 1.54) is 28.6 Å². The third kappa shape index (κ3) is 5.46. The fourth-order valence-electron chi connectivity index (χ4n) is 3.39. The zero-order valence-electron chi connectivity index (χ0n) is 17.1. The minimum atomic E-state index is -3.50. The Morgan fingerprint density at radius 3 is 2.33 bits per heavy atom. The molecule has 1 fully saturated rings. The molecule has 8 heteroatoms. The molecule has 1 saturated heterocycles. The second kappa shape index (κ2) is 10.2. The van der Waals surface area contributed by atoms with Gasteiger partial charge in [0.05, 0.1) is 24.2 Å². The third-order valence-corrected chi connectivity index (χ3v) is 7.04. The van der Waals surface area contributed by atoms with Crippen molar-refractivity contribution in [1.29, 1.82) is 0 Å². The zero-order chi connectivity index (χ0) is 21.6. The van der Waals surface area contributed by atoms with E-state index in [1.54, 1.807) is 0 Å². The van der Waals surface area contributed by atoms with E-state index in [0.29, 0.717) is 18.7 Å². The zero-order valence-corrected chi connectivity index (χ0v) is 17.9. The van der Waals surface area contributed by atoms with Gasteiger partial charge < -0.3 is 15.2 Å². The van der Waals surface area contributed by atoms with E-state index in [-0.39, 0.29) is 30.6 Å². The van der Waals surface area contributed by atoms with Crippen molar-refractivity contribution in [1.82, 2.24) is 9.62 Å². The van der Waals surface area contributed by atoms with Gasteiger partial charge in [-0.15, -0.1) is 0 Å². The van der Waals surface area contributed by atoms with Gasteiger partial charge in [0.25, 0.3) is 5.91 Å². The first kappa shape index (κ1) is 22.4. The summed E-state index contributed by atoms with van der Waals surface area (Å²) in [6, 6.07) is 13.8. The molecule has 30 heavy (non-hydrogen) atoms. The Morgan fingerprint density at radius 2 is 1.73 bits per heavy atom. The molecule has 7 nitrogen and oxygen atoms in total. The Hall–Kier alpha value is -2.26. The van der Waals surface area contributed by atoms with Crippen LogP contribution in [0.4, 0.5) is 0 Å². The van der Waals surface area contributed by atoms with Gasteiger partial charge in [0, 0.05) is 25.2 Å². The van der Waals surface area contributed by atoms with Crippen molar-refractivity contribution in [3.05, 3.63) is 65.2 Å². The van der Waals surface area contributed by atoms with Crippen LogP contribution in [0.5, 0.6) is 0 Å². The maximum Gasteiger partial charge on any atom is 0.251 e. The topological polar surface area (TPSA) is 95.9 Å². The summed E-state index contributed by atoms with van der Waals surface area (Å²) in [5.74, 6) is -0.315. The Labute approximate surface area is 177 Å². The largest absolute Gasteiger partial charge is 0.394 e. The lowest BCUT2D eigenvalue weighted by Crippen LogP contribution is -2.30. The number of sulfonamides is 1. The Bertz CT molecular complexity index is 936. The molecule has 0 spiro atoms. The number of benzene rings is 2. The molecule has 1 unspecified atom stereocenters. The van der Waals surface area contributed by atoms with Gasteiger partial charge in [-0.1, -0.05) is 29.8 Å². The van der Waals surface area contributed by atoms with Crippen LogP contribution in [0.3, 0.4) is 0 Å². The summed E-state index contributed by atoms with van der Waals surface area (Å²) >= 11 is 0. The van der Waals surface area contributed by atoms with E-state index in [9.17, 15) is 13.2 Å². The number of aliphatic hydroxyl groups excluding tert-OH is 1. The SMILES string of the molecule is Cc1ccc(C(CNC(=O)c2ccc(S(=O)(=O)N3CCCC3)cc2)OCCO)cc1. The van der Waals surface area contributed by atoms with Crippen LogP contribution < -0.4 is 5.32 Å². The molecule has 0 radical (unpaired) electrons. The quantitative estimate of drug-likeness (QED) is 0.634. The summed E-state index contributed by atoms with van der Waals surface area (Å²) in [7, 11) is -3.50.